The minimum Gasteiger partial charge on any atom is -0.409 e. The molecule has 96 valence electrons. The molecule has 1 aliphatic rings. The maximum absolute atomic E-state index is 12.3. The van der Waals surface area contributed by atoms with Gasteiger partial charge in [-0.1, -0.05) is 5.16 Å². The summed E-state index contributed by atoms with van der Waals surface area (Å²) in [5, 5.41) is 11.7. The minimum absolute atomic E-state index is 0.0730. The summed E-state index contributed by atoms with van der Waals surface area (Å²) in [6.07, 6.45) is 4.67. The van der Waals surface area contributed by atoms with Gasteiger partial charge in [-0.25, -0.2) is 0 Å². The van der Waals surface area contributed by atoms with E-state index >= 15 is 0 Å². The molecule has 0 bridgehead atoms. The Hall–Kier alpha value is -1.63. The Morgan fingerprint density at radius 2 is 2.39 bits per heavy atom. The lowest BCUT2D eigenvalue weighted by molar-refractivity contribution is 0.0767. The van der Waals surface area contributed by atoms with Crippen LogP contribution in [0.25, 0.3) is 0 Å². The minimum atomic E-state index is -0.332. The third kappa shape index (κ3) is 2.45. The number of amides is 1. The number of nitrogens with zero attached hydrogens (tertiary/aromatic N) is 3. The van der Waals surface area contributed by atoms with Gasteiger partial charge in [-0.2, -0.15) is 0 Å². The van der Waals surface area contributed by atoms with Gasteiger partial charge in [0.2, 0.25) is 0 Å². The first-order chi connectivity index (χ1) is 8.63. The monoisotopic (exact) mass is 312 g/mol. The van der Waals surface area contributed by atoms with E-state index in [4.69, 9.17) is 10.9 Å². The molecule has 1 saturated heterocycles. The molecular weight excluding hydrogens is 300 g/mol. The highest BCUT2D eigenvalue weighted by atomic mass is 79.9. The molecule has 7 heteroatoms. The lowest BCUT2D eigenvalue weighted by Gasteiger charge is -2.23. The Morgan fingerprint density at radius 1 is 1.61 bits per heavy atom. The van der Waals surface area contributed by atoms with Crippen LogP contribution in [0, 0.1) is 0 Å². The molecule has 0 aliphatic carbocycles. The fourth-order valence-electron chi connectivity index (χ4n) is 2.08. The number of rotatable bonds is 2. The quantitative estimate of drug-likeness (QED) is 0.371. The molecule has 1 atom stereocenters. The van der Waals surface area contributed by atoms with E-state index in [0.29, 0.717) is 18.5 Å². The number of oxime groups is 1. The highest BCUT2D eigenvalue weighted by molar-refractivity contribution is 9.10. The Balaban J connectivity index is 2.23. The molecule has 1 unspecified atom stereocenters. The van der Waals surface area contributed by atoms with E-state index < -0.39 is 0 Å². The number of likely N-dealkylation sites (tertiary alicyclic amines) is 1. The van der Waals surface area contributed by atoms with Gasteiger partial charge in [0.1, 0.15) is 0 Å². The number of hydrogen-bond acceptors (Lipinski definition) is 4. The van der Waals surface area contributed by atoms with Crippen molar-refractivity contribution in [3.63, 3.8) is 0 Å². The zero-order valence-electron chi connectivity index (χ0n) is 9.58. The van der Waals surface area contributed by atoms with Crippen molar-refractivity contribution < 1.29 is 10.0 Å². The van der Waals surface area contributed by atoms with E-state index in [9.17, 15) is 4.79 Å². The van der Waals surface area contributed by atoms with Crippen molar-refractivity contribution in [2.75, 3.05) is 6.54 Å². The van der Waals surface area contributed by atoms with Crippen LogP contribution >= 0.6 is 15.9 Å². The Kier molecular flexibility index (Phi) is 3.81. The maximum atomic E-state index is 12.3. The predicted octanol–water partition coefficient (Wildman–Crippen LogP) is 1.20. The van der Waals surface area contributed by atoms with Gasteiger partial charge in [0.25, 0.3) is 5.91 Å². The number of carbonyl (C=O) groups is 1. The molecule has 0 saturated carbocycles. The second-order valence-corrected chi connectivity index (χ2v) is 4.99. The number of aromatic nitrogens is 1. The number of halogens is 1. The molecule has 0 radical (unpaired) electrons. The van der Waals surface area contributed by atoms with Crippen LogP contribution < -0.4 is 5.73 Å². The molecule has 0 aromatic carbocycles. The summed E-state index contributed by atoms with van der Waals surface area (Å²) in [4.78, 5) is 17.9. The largest absolute Gasteiger partial charge is 0.409 e. The third-order valence-electron chi connectivity index (χ3n) is 2.92. The van der Waals surface area contributed by atoms with E-state index in [1.165, 1.54) is 6.20 Å². The van der Waals surface area contributed by atoms with E-state index in [0.717, 1.165) is 10.9 Å². The van der Waals surface area contributed by atoms with Crippen molar-refractivity contribution >= 4 is 27.7 Å². The zero-order valence-corrected chi connectivity index (χ0v) is 11.2. The zero-order chi connectivity index (χ0) is 13.1. The van der Waals surface area contributed by atoms with Gasteiger partial charge in [-0.05, 0) is 34.8 Å². The van der Waals surface area contributed by atoms with E-state index in [1.54, 1.807) is 17.2 Å². The first kappa shape index (κ1) is 12.8. The van der Waals surface area contributed by atoms with Crippen LogP contribution in [0.5, 0.6) is 0 Å². The van der Waals surface area contributed by atoms with Crippen LogP contribution in [0.2, 0.25) is 0 Å². The average Bonchev–Trinajstić information content (AvgIpc) is 2.86. The lowest BCUT2D eigenvalue weighted by atomic mass is 10.2. The third-order valence-corrected chi connectivity index (χ3v) is 3.36. The van der Waals surface area contributed by atoms with Gasteiger partial charge in [-0.3, -0.25) is 9.78 Å². The number of amidine groups is 1. The summed E-state index contributed by atoms with van der Waals surface area (Å²) in [6, 6.07) is 1.37. The first-order valence-corrected chi connectivity index (χ1v) is 6.31. The van der Waals surface area contributed by atoms with E-state index in [1.807, 2.05) is 0 Å². The molecule has 2 heterocycles. The molecule has 1 aromatic rings. The van der Waals surface area contributed by atoms with Crippen molar-refractivity contribution in [1.82, 2.24) is 9.88 Å². The Bertz CT molecular complexity index is 492. The molecular formula is C11H13BrN4O2. The number of carbonyl (C=O) groups excluding carboxylic acids is 1. The second kappa shape index (κ2) is 5.34. The van der Waals surface area contributed by atoms with Crippen molar-refractivity contribution in [2.24, 2.45) is 10.9 Å². The lowest BCUT2D eigenvalue weighted by Crippen LogP contribution is -2.43. The van der Waals surface area contributed by atoms with Gasteiger partial charge in [0.05, 0.1) is 11.6 Å². The van der Waals surface area contributed by atoms with Gasteiger partial charge in [-0.15, -0.1) is 0 Å². The Labute approximate surface area is 113 Å². The molecule has 3 N–H and O–H groups in total. The summed E-state index contributed by atoms with van der Waals surface area (Å²) < 4.78 is 0.743. The van der Waals surface area contributed by atoms with Crippen molar-refractivity contribution in [3.05, 3.63) is 28.5 Å². The average molecular weight is 313 g/mol. The molecule has 1 amide bonds. The molecule has 2 rings (SSSR count). The van der Waals surface area contributed by atoms with Crippen molar-refractivity contribution in [3.8, 4) is 0 Å². The van der Waals surface area contributed by atoms with Crippen molar-refractivity contribution in [1.29, 1.82) is 0 Å². The van der Waals surface area contributed by atoms with E-state index in [2.05, 4.69) is 26.1 Å². The molecule has 1 aromatic heterocycles. The van der Waals surface area contributed by atoms with E-state index in [-0.39, 0.29) is 17.8 Å². The summed E-state index contributed by atoms with van der Waals surface area (Å²) in [5.74, 6) is -0.0818. The first-order valence-electron chi connectivity index (χ1n) is 5.52. The van der Waals surface area contributed by atoms with Crippen LogP contribution in [0.15, 0.2) is 28.1 Å². The van der Waals surface area contributed by atoms with Gasteiger partial charge >= 0.3 is 0 Å². The highest BCUT2D eigenvalue weighted by Crippen LogP contribution is 2.21. The summed E-state index contributed by atoms with van der Waals surface area (Å²) in [7, 11) is 0. The fraction of sp³-hybridized carbons (Fsp3) is 0.364. The molecule has 0 spiro atoms. The van der Waals surface area contributed by atoms with Gasteiger partial charge in [0, 0.05) is 23.4 Å². The molecule has 1 fully saturated rings. The van der Waals surface area contributed by atoms with Crippen LogP contribution in [-0.4, -0.2) is 39.4 Å². The Morgan fingerprint density at radius 3 is 3.06 bits per heavy atom. The van der Waals surface area contributed by atoms with Crippen molar-refractivity contribution in [2.45, 2.75) is 18.9 Å². The topological polar surface area (TPSA) is 91.8 Å². The fourth-order valence-corrected chi connectivity index (χ4v) is 2.44. The number of pyridine rings is 1. The summed E-state index contributed by atoms with van der Waals surface area (Å²) >= 11 is 3.28. The van der Waals surface area contributed by atoms with Gasteiger partial charge < -0.3 is 15.8 Å². The summed E-state index contributed by atoms with van der Waals surface area (Å²) in [5.41, 5.74) is 6.08. The van der Waals surface area contributed by atoms with Gasteiger partial charge in [0.15, 0.2) is 5.84 Å². The molecule has 1 aliphatic heterocycles. The van der Waals surface area contributed by atoms with Crippen LogP contribution in [0.4, 0.5) is 0 Å². The summed E-state index contributed by atoms with van der Waals surface area (Å²) in [6.45, 7) is 0.603. The van der Waals surface area contributed by atoms with Crippen LogP contribution in [0.1, 0.15) is 23.2 Å². The number of hydrogen-bond donors (Lipinski definition) is 2. The SMILES string of the molecule is NC(=NO)C1CCCN1C(=O)c1cncc(Br)c1. The standard InChI is InChI=1S/C11H13BrN4O2/c12-8-4-7(5-14-6-8)11(17)16-3-1-2-9(16)10(13)15-18/h4-6,9,18H,1-3H2,(H2,13,15). The highest BCUT2D eigenvalue weighted by Gasteiger charge is 2.32. The number of nitrogens with two attached hydrogens (primary N) is 1. The molecule has 6 nitrogen and oxygen atoms in total. The van der Waals surface area contributed by atoms with Crippen LogP contribution in [0.3, 0.4) is 0 Å². The van der Waals surface area contributed by atoms with Crippen LogP contribution in [-0.2, 0) is 0 Å². The predicted molar refractivity (Wildman–Crippen MR) is 69.4 cm³/mol. The normalized spacial score (nSPS) is 20.2. The molecule has 18 heavy (non-hydrogen) atoms. The maximum Gasteiger partial charge on any atom is 0.256 e. The second-order valence-electron chi connectivity index (χ2n) is 4.07. The smallest absolute Gasteiger partial charge is 0.256 e.